The molecule has 1 aromatic carbocycles. The fourth-order valence-electron chi connectivity index (χ4n) is 2.21. The first kappa shape index (κ1) is 19.3. The summed E-state index contributed by atoms with van der Waals surface area (Å²) < 4.78 is 5.45. The van der Waals surface area contributed by atoms with E-state index in [1.54, 1.807) is 11.9 Å². The highest BCUT2D eigenvalue weighted by atomic mass is 16.6. The molecule has 4 nitrogen and oxygen atoms in total. The number of anilines is 1. The van der Waals surface area contributed by atoms with Crippen LogP contribution in [0.3, 0.4) is 0 Å². The molecule has 1 aromatic rings. The van der Waals surface area contributed by atoms with E-state index in [2.05, 4.69) is 37.4 Å². The molecule has 0 unspecified atom stereocenters. The van der Waals surface area contributed by atoms with Crippen molar-refractivity contribution in [3.63, 3.8) is 0 Å². The van der Waals surface area contributed by atoms with Crippen LogP contribution in [-0.2, 0) is 4.74 Å². The molecule has 1 amide bonds. The highest BCUT2D eigenvalue weighted by Gasteiger charge is 2.24. The van der Waals surface area contributed by atoms with Gasteiger partial charge in [0.15, 0.2) is 0 Å². The third-order valence-corrected chi connectivity index (χ3v) is 3.85. The van der Waals surface area contributed by atoms with E-state index in [-0.39, 0.29) is 12.1 Å². The average molecular weight is 320 g/mol. The molecule has 0 spiro atoms. The van der Waals surface area contributed by atoms with Crippen LogP contribution in [0.1, 0.15) is 64.6 Å². The minimum Gasteiger partial charge on any atom is -0.444 e. The molecule has 130 valence electrons. The standard InChI is InChI=1S/C19H32N2O2/c1-8-9-12-20-17-13-16(11-10-14(17)2)15(3)21(7)18(22)23-19(4,5)6/h10-11,13,15,20H,8-9,12H2,1-7H3/t15-/m0/s1. The molecule has 0 fully saturated rings. The molecule has 4 heteroatoms. The summed E-state index contributed by atoms with van der Waals surface area (Å²) in [7, 11) is 1.78. The van der Waals surface area contributed by atoms with Gasteiger partial charge in [-0.3, -0.25) is 0 Å². The number of rotatable bonds is 6. The van der Waals surface area contributed by atoms with Crippen LogP contribution in [-0.4, -0.2) is 30.2 Å². The fraction of sp³-hybridized carbons (Fsp3) is 0.632. The molecule has 0 saturated heterocycles. The molecule has 0 bridgehead atoms. The van der Waals surface area contributed by atoms with Crippen LogP contribution in [0.5, 0.6) is 0 Å². The molecule has 23 heavy (non-hydrogen) atoms. The Morgan fingerprint density at radius 1 is 1.35 bits per heavy atom. The lowest BCUT2D eigenvalue weighted by molar-refractivity contribution is 0.0234. The predicted molar refractivity (Wildman–Crippen MR) is 97.0 cm³/mol. The number of carbonyl (C=O) groups excluding carboxylic acids is 1. The Labute approximate surface area is 141 Å². The molecule has 1 N–H and O–H groups in total. The lowest BCUT2D eigenvalue weighted by Gasteiger charge is -2.29. The molecular weight excluding hydrogens is 288 g/mol. The Morgan fingerprint density at radius 2 is 2.00 bits per heavy atom. The van der Waals surface area contributed by atoms with Crippen molar-refractivity contribution in [2.75, 3.05) is 18.9 Å². The van der Waals surface area contributed by atoms with Crippen LogP contribution in [0.15, 0.2) is 18.2 Å². The Hall–Kier alpha value is -1.71. The van der Waals surface area contributed by atoms with Crippen LogP contribution < -0.4 is 5.32 Å². The first-order valence-electron chi connectivity index (χ1n) is 8.46. The average Bonchev–Trinajstić information content (AvgIpc) is 2.46. The number of hydrogen-bond donors (Lipinski definition) is 1. The molecule has 1 atom stereocenters. The monoisotopic (exact) mass is 320 g/mol. The van der Waals surface area contributed by atoms with Gasteiger partial charge >= 0.3 is 6.09 Å². The van der Waals surface area contributed by atoms with Crippen molar-refractivity contribution in [2.24, 2.45) is 0 Å². The number of aryl methyl sites for hydroxylation is 1. The molecule has 0 radical (unpaired) electrons. The number of nitrogens with zero attached hydrogens (tertiary/aromatic N) is 1. The van der Waals surface area contributed by atoms with Crippen molar-refractivity contribution in [1.29, 1.82) is 0 Å². The molecular formula is C19H32N2O2. The van der Waals surface area contributed by atoms with Crippen molar-refractivity contribution in [2.45, 2.75) is 66.0 Å². The first-order chi connectivity index (χ1) is 10.7. The van der Waals surface area contributed by atoms with Crippen molar-refractivity contribution in [1.82, 2.24) is 4.90 Å². The maximum atomic E-state index is 12.2. The number of hydrogen-bond acceptors (Lipinski definition) is 3. The minimum absolute atomic E-state index is 0.0443. The van der Waals surface area contributed by atoms with Crippen molar-refractivity contribution in [3.8, 4) is 0 Å². The molecule has 0 aliphatic rings. The summed E-state index contributed by atoms with van der Waals surface area (Å²) >= 11 is 0. The van der Waals surface area contributed by atoms with E-state index in [1.807, 2.05) is 27.7 Å². The van der Waals surface area contributed by atoms with Gasteiger partial charge in [0.1, 0.15) is 5.60 Å². The maximum Gasteiger partial charge on any atom is 0.410 e. The van der Waals surface area contributed by atoms with Crippen LogP contribution in [0.25, 0.3) is 0 Å². The van der Waals surface area contributed by atoms with E-state index in [1.165, 1.54) is 12.0 Å². The summed E-state index contributed by atoms with van der Waals surface area (Å²) in [6, 6.07) is 6.27. The summed E-state index contributed by atoms with van der Waals surface area (Å²) in [6.45, 7) is 12.9. The Bertz CT molecular complexity index is 521. The quantitative estimate of drug-likeness (QED) is 0.738. The van der Waals surface area contributed by atoms with Crippen LogP contribution >= 0.6 is 0 Å². The normalized spacial score (nSPS) is 12.7. The zero-order valence-corrected chi connectivity index (χ0v) is 15.7. The van der Waals surface area contributed by atoms with E-state index < -0.39 is 5.60 Å². The van der Waals surface area contributed by atoms with Crippen LogP contribution in [0.4, 0.5) is 10.5 Å². The van der Waals surface area contributed by atoms with Gasteiger partial charge in [-0.2, -0.15) is 0 Å². The van der Waals surface area contributed by atoms with Crippen LogP contribution in [0, 0.1) is 6.92 Å². The van der Waals surface area contributed by atoms with E-state index in [9.17, 15) is 4.79 Å². The first-order valence-corrected chi connectivity index (χ1v) is 8.46. The fourth-order valence-corrected chi connectivity index (χ4v) is 2.21. The topological polar surface area (TPSA) is 41.6 Å². The summed E-state index contributed by atoms with van der Waals surface area (Å²) in [6.07, 6.45) is 2.02. The summed E-state index contributed by atoms with van der Waals surface area (Å²) in [5.41, 5.74) is 2.98. The number of benzene rings is 1. The third kappa shape index (κ3) is 6.12. The van der Waals surface area contributed by atoms with Gasteiger partial charge in [-0.25, -0.2) is 4.79 Å². The smallest absolute Gasteiger partial charge is 0.410 e. The van der Waals surface area contributed by atoms with Crippen molar-refractivity contribution >= 4 is 11.8 Å². The van der Waals surface area contributed by atoms with Gasteiger partial charge in [-0.15, -0.1) is 0 Å². The van der Waals surface area contributed by atoms with Gasteiger partial charge in [0.05, 0.1) is 6.04 Å². The van der Waals surface area contributed by atoms with Crippen molar-refractivity contribution < 1.29 is 9.53 Å². The molecule has 0 aliphatic heterocycles. The molecule has 1 rings (SSSR count). The second-order valence-corrected chi connectivity index (χ2v) is 7.12. The molecule has 0 aliphatic carbocycles. The molecule has 0 saturated carbocycles. The Morgan fingerprint density at radius 3 is 2.57 bits per heavy atom. The van der Waals surface area contributed by atoms with Gasteiger partial charge in [0.2, 0.25) is 0 Å². The highest BCUT2D eigenvalue weighted by molar-refractivity contribution is 5.68. The number of amides is 1. The second kappa shape index (κ2) is 8.23. The van der Waals surface area contributed by atoms with Gasteiger partial charge in [-0.1, -0.05) is 25.5 Å². The van der Waals surface area contributed by atoms with Gasteiger partial charge in [0.25, 0.3) is 0 Å². The predicted octanol–water partition coefficient (Wildman–Crippen LogP) is 5.13. The van der Waals surface area contributed by atoms with Gasteiger partial charge < -0.3 is 15.0 Å². The maximum absolute atomic E-state index is 12.2. The Balaban J connectivity index is 2.84. The number of unbranched alkanes of at least 4 members (excludes halogenated alkanes) is 1. The minimum atomic E-state index is -0.481. The summed E-state index contributed by atoms with van der Waals surface area (Å²) in [5, 5.41) is 3.48. The zero-order valence-electron chi connectivity index (χ0n) is 15.7. The number of ether oxygens (including phenoxy) is 1. The van der Waals surface area contributed by atoms with E-state index in [4.69, 9.17) is 4.74 Å². The number of carbonyl (C=O) groups is 1. The zero-order chi connectivity index (χ0) is 17.6. The van der Waals surface area contributed by atoms with E-state index in [0.29, 0.717) is 0 Å². The third-order valence-electron chi connectivity index (χ3n) is 3.85. The SMILES string of the molecule is CCCCNc1cc([C@H](C)N(C)C(=O)OC(C)(C)C)ccc1C. The lowest BCUT2D eigenvalue weighted by Crippen LogP contribution is -2.35. The molecule has 0 aromatic heterocycles. The van der Waals surface area contributed by atoms with Crippen LogP contribution in [0.2, 0.25) is 0 Å². The van der Waals surface area contributed by atoms with E-state index in [0.717, 1.165) is 24.2 Å². The summed E-state index contributed by atoms with van der Waals surface area (Å²) in [5.74, 6) is 0. The van der Waals surface area contributed by atoms with E-state index >= 15 is 0 Å². The second-order valence-electron chi connectivity index (χ2n) is 7.12. The lowest BCUT2D eigenvalue weighted by atomic mass is 10.0. The van der Waals surface area contributed by atoms with Gasteiger partial charge in [0, 0.05) is 19.3 Å². The van der Waals surface area contributed by atoms with Gasteiger partial charge in [-0.05, 0) is 58.2 Å². The van der Waals surface area contributed by atoms with Crippen molar-refractivity contribution in [3.05, 3.63) is 29.3 Å². The Kier molecular flexibility index (Phi) is 6.92. The molecule has 0 heterocycles. The summed E-state index contributed by atoms with van der Waals surface area (Å²) in [4.78, 5) is 13.9. The largest absolute Gasteiger partial charge is 0.444 e. The number of nitrogens with one attached hydrogen (secondary N) is 1. The highest BCUT2D eigenvalue weighted by Crippen LogP contribution is 2.26.